The van der Waals surface area contributed by atoms with Gasteiger partial charge in [0, 0.05) is 17.9 Å². The summed E-state index contributed by atoms with van der Waals surface area (Å²) in [6, 6.07) is 1.54. The number of amides is 1. The van der Waals surface area contributed by atoms with Gasteiger partial charge >= 0.3 is 5.97 Å². The number of hydrogen-bond acceptors (Lipinski definition) is 11. The second-order valence-electron chi connectivity index (χ2n) is 9.83. The fourth-order valence-electron chi connectivity index (χ4n) is 5.98. The van der Waals surface area contributed by atoms with Crippen LogP contribution in [0.4, 0.5) is 5.69 Å². The van der Waals surface area contributed by atoms with Crippen LogP contribution in [0.1, 0.15) is 37.3 Å². The van der Waals surface area contributed by atoms with Gasteiger partial charge in [0.1, 0.15) is 28.9 Å². The van der Waals surface area contributed by atoms with Crippen LogP contribution < -0.4 is 11.5 Å². The molecule has 1 aromatic carbocycles. The van der Waals surface area contributed by atoms with Crippen molar-refractivity contribution in [2.75, 3.05) is 19.8 Å². The van der Waals surface area contributed by atoms with E-state index in [9.17, 15) is 39.6 Å². The van der Waals surface area contributed by atoms with Gasteiger partial charge in [0.2, 0.25) is 5.78 Å². The lowest BCUT2D eigenvalue weighted by atomic mass is 9.54. The number of carbonyl (C=O) groups excluding carboxylic acids is 4. The van der Waals surface area contributed by atoms with Crippen molar-refractivity contribution in [1.82, 2.24) is 4.90 Å². The van der Waals surface area contributed by atoms with Gasteiger partial charge in [-0.15, -0.1) is 0 Å². The first-order chi connectivity index (χ1) is 17.2. The van der Waals surface area contributed by atoms with E-state index in [-0.39, 0.29) is 17.7 Å². The van der Waals surface area contributed by atoms with Gasteiger partial charge in [-0.25, -0.2) is 0 Å². The van der Waals surface area contributed by atoms with E-state index >= 15 is 0 Å². The van der Waals surface area contributed by atoms with Crippen LogP contribution in [0.25, 0.3) is 5.76 Å². The Balaban J connectivity index is 2.12. The molecule has 0 radical (unpaired) electrons. The number of phenolic OH excluding ortho intramolecular Hbond substituents is 1. The Kier molecular flexibility index (Phi) is 6.08. The molecule has 6 unspecified atom stereocenters. The Labute approximate surface area is 211 Å². The average Bonchev–Trinajstić information content (AvgIpc) is 2.82. The number of ether oxygens (including phenoxy) is 1. The van der Waals surface area contributed by atoms with Crippen molar-refractivity contribution >= 4 is 34.9 Å². The third kappa shape index (κ3) is 3.36. The maximum atomic E-state index is 14.0. The van der Waals surface area contributed by atoms with E-state index in [0.29, 0.717) is 5.56 Å². The van der Waals surface area contributed by atoms with Crippen LogP contribution in [0.15, 0.2) is 29.0 Å². The van der Waals surface area contributed by atoms with Gasteiger partial charge in [-0.1, -0.05) is 19.9 Å². The number of nitrogens with zero attached hydrogens (tertiary/aromatic N) is 1. The SMILES string of the molecule is CCC(=O)OC1C2C(=C(O)c3c(ccc(N)c3O)C2C)C(=O)C2(O)C(O)=C(C(N)=O)C(=O)C(N(C)C)C12. The number of likely N-dealkylation sites (N-methyl/N-ethyl adjacent to an activating group) is 1. The average molecular weight is 516 g/mol. The van der Waals surface area contributed by atoms with Crippen LogP contribution >= 0.6 is 0 Å². The summed E-state index contributed by atoms with van der Waals surface area (Å²) >= 11 is 0. The molecule has 0 saturated heterocycles. The Bertz CT molecular complexity index is 1310. The summed E-state index contributed by atoms with van der Waals surface area (Å²) in [6.07, 6.45) is -1.52. The summed E-state index contributed by atoms with van der Waals surface area (Å²) in [7, 11) is 2.91. The number of esters is 1. The third-order valence-corrected chi connectivity index (χ3v) is 7.69. The number of aromatic hydroxyl groups is 1. The van der Waals surface area contributed by atoms with Crippen LogP contribution in [0, 0.1) is 11.8 Å². The smallest absolute Gasteiger partial charge is 0.305 e. The summed E-state index contributed by atoms with van der Waals surface area (Å²) < 4.78 is 5.74. The van der Waals surface area contributed by atoms with Gasteiger partial charge in [0.15, 0.2) is 11.4 Å². The molecule has 1 aromatic rings. The molecule has 37 heavy (non-hydrogen) atoms. The minimum Gasteiger partial charge on any atom is -0.508 e. The molecule has 1 saturated carbocycles. The van der Waals surface area contributed by atoms with Crippen molar-refractivity contribution < 1.29 is 44.3 Å². The highest BCUT2D eigenvalue weighted by atomic mass is 16.5. The molecule has 12 heteroatoms. The molecule has 0 aliphatic heterocycles. The van der Waals surface area contributed by atoms with Crippen molar-refractivity contribution in [3.8, 4) is 5.75 Å². The molecule has 1 amide bonds. The minimum absolute atomic E-state index is 0.0833. The molecule has 1 fully saturated rings. The highest BCUT2D eigenvalue weighted by Gasteiger charge is 2.69. The number of aliphatic hydroxyl groups excluding tert-OH is 2. The number of primary amides is 1. The number of phenols is 1. The van der Waals surface area contributed by atoms with Gasteiger partial charge in [-0.05, 0) is 31.6 Å². The second-order valence-corrected chi connectivity index (χ2v) is 9.83. The number of nitrogen functional groups attached to an aromatic ring is 1. The van der Waals surface area contributed by atoms with Crippen LogP contribution in [0.5, 0.6) is 5.75 Å². The lowest BCUT2D eigenvalue weighted by Crippen LogP contribution is -2.71. The Morgan fingerprint density at radius 3 is 2.32 bits per heavy atom. The van der Waals surface area contributed by atoms with Gasteiger partial charge in [0.05, 0.1) is 23.2 Å². The monoisotopic (exact) mass is 515 g/mol. The number of nitrogens with two attached hydrogens (primary N) is 2. The summed E-state index contributed by atoms with van der Waals surface area (Å²) in [4.78, 5) is 53.5. The molecule has 6 atom stereocenters. The van der Waals surface area contributed by atoms with E-state index in [1.54, 1.807) is 13.0 Å². The first-order valence-electron chi connectivity index (χ1n) is 11.7. The summed E-state index contributed by atoms with van der Waals surface area (Å²) in [6.45, 7) is 3.19. The number of benzene rings is 1. The second kappa shape index (κ2) is 8.60. The fourth-order valence-corrected chi connectivity index (χ4v) is 5.98. The van der Waals surface area contributed by atoms with Gasteiger partial charge in [-0.2, -0.15) is 0 Å². The van der Waals surface area contributed by atoms with Crippen molar-refractivity contribution in [2.45, 2.75) is 43.9 Å². The largest absolute Gasteiger partial charge is 0.508 e. The Morgan fingerprint density at radius 2 is 1.78 bits per heavy atom. The van der Waals surface area contributed by atoms with Crippen molar-refractivity contribution in [3.05, 3.63) is 40.2 Å². The molecule has 0 bridgehead atoms. The van der Waals surface area contributed by atoms with E-state index in [1.807, 2.05) is 0 Å². The lowest BCUT2D eigenvalue weighted by molar-refractivity contribution is -0.185. The van der Waals surface area contributed by atoms with Gasteiger partial charge in [-0.3, -0.25) is 24.1 Å². The normalized spacial score (nSPS) is 31.1. The standard InChI is InChI=1S/C25H29N3O9/c1-5-11(29)37-21-12-8(2)9-6-7-10(26)18(30)13(9)19(31)14(12)22(33)25(36)16(21)17(28(3)4)20(32)15(23(25)34)24(27)35/h6-8,12,16-17,21,30-31,34,36H,5,26H2,1-4H3,(H2,27,35). The third-order valence-electron chi connectivity index (χ3n) is 7.69. The quantitative estimate of drug-likeness (QED) is 0.136. The lowest BCUT2D eigenvalue weighted by Gasteiger charge is -2.54. The molecule has 3 aliphatic carbocycles. The minimum atomic E-state index is -2.97. The summed E-state index contributed by atoms with van der Waals surface area (Å²) in [5.41, 5.74) is 6.91. The van der Waals surface area contributed by atoms with E-state index in [2.05, 4.69) is 0 Å². The highest BCUT2D eigenvalue weighted by molar-refractivity contribution is 6.24. The molecule has 12 nitrogen and oxygen atoms in total. The molecular formula is C25H29N3O9. The number of carbonyl (C=O) groups is 4. The van der Waals surface area contributed by atoms with Crippen LogP contribution in [-0.2, 0) is 23.9 Å². The van der Waals surface area contributed by atoms with Crippen LogP contribution in [0.2, 0.25) is 0 Å². The van der Waals surface area contributed by atoms with Crippen molar-refractivity contribution in [1.29, 1.82) is 0 Å². The molecule has 4 rings (SSSR count). The number of ketones is 2. The number of Topliss-reactive ketones (excluding diaryl/α,β-unsaturated/α-hetero) is 2. The molecular weight excluding hydrogens is 486 g/mol. The number of hydrogen-bond donors (Lipinski definition) is 6. The number of anilines is 1. The number of aliphatic hydroxyl groups is 3. The van der Waals surface area contributed by atoms with Crippen LogP contribution in [-0.4, -0.2) is 80.6 Å². The van der Waals surface area contributed by atoms with E-state index in [0.717, 1.165) is 0 Å². The maximum absolute atomic E-state index is 14.0. The topological polar surface area (TPSA) is 214 Å². The van der Waals surface area contributed by atoms with E-state index in [4.69, 9.17) is 16.2 Å². The molecule has 8 N–H and O–H groups in total. The Morgan fingerprint density at radius 1 is 1.16 bits per heavy atom. The molecule has 0 heterocycles. The summed E-state index contributed by atoms with van der Waals surface area (Å²) in [5.74, 6) is -10.2. The van der Waals surface area contributed by atoms with Crippen molar-refractivity contribution in [3.63, 3.8) is 0 Å². The first-order valence-corrected chi connectivity index (χ1v) is 11.7. The maximum Gasteiger partial charge on any atom is 0.305 e. The molecule has 0 spiro atoms. The summed E-state index contributed by atoms with van der Waals surface area (Å²) in [5, 5.41) is 44.8. The van der Waals surface area contributed by atoms with Crippen molar-refractivity contribution in [2.24, 2.45) is 17.6 Å². The molecule has 3 aliphatic rings. The predicted octanol–water partition coefficient (Wildman–Crippen LogP) is 0.0389. The Hall–Kier alpha value is -3.90. The zero-order chi connectivity index (χ0) is 27.7. The number of rotatable bonds is 4. The fraction of sp³-hybridized carbons (Fsp3) is 0.440. The zero-order valence-electron chi connectivity index (χ0n) is 20.7. The van der Waals surface area contributed by atoms with E-state index < -0.39 is 87.4 Å². The van der Waals surface area contributed by atoms with Gasteiger partial charge < -0.3 is 36.6 Å². The predicted molar refractivity (Wildman–Crippen MR) is 129 cm³/mol. The van der Waals surface area contributed by atoms with Gasteiger partial charge in [0.25, 0.3) is 5.91 Å². The first kappa shape index (κ1) is 26.2. The van der Waals surface area contributed by atoms with E-state index in [1.165, 1.54) is 32.0 Å². The molecule has 198 valence electrons. The molecule has 0 aromatic heterocycles. The highest BCUT2D eigenvalue weighted by Crippen LogP contribution is 2.57. The number of fused-ring (bicyclic) bond motifs is 3. The zero-order valence-corrected chi connectivity index (χ0v) is 20.7. The van der Waals surface area contributed by atoms with Crippen LogP contribution in [0.3, 0.4) is 0 Å².